The van der Waals surface area contributed by atoms with Crippen molar-refractivity contribution in [1.29, 1.82) is 0 Å². The van der Waals surface area contributed by atoms with Crippen molar-refractivity contribution in [2.45, 2.75) is 26.6 Å². The summed E-state index contributed by atoms with van der Waals surface area (Å²) in [4.78, 5) is 23.6. The van der Waals surface area contributed by atoms with Gasteiger partial charge in [-0.05, 0) is 31.5 Å². The second kappa shape index (κ2) is 8.72. The fourth-order valence-corrected chi connectivity index (χ4v) is 1.97. The van der Waals surface area contributed by atoms with Gasteiger partial charge < -0.3 is 14.8 Å². The number of amides is 1. The highest BCUT2D eigenvalue weighted by atomic mass is 16.5. The predicted octanol–water partition coefficient (Wildman–Crippen LogP) is 2.62. The molecule has 2 aromatic carbocycles. The number of rotatable bonds is 7. The van der Waals surface area contributed by atoms with Gasteiger partial charge in [-0.2, -0.15) is 0 Å². The highest BCUT2D eigenvalue weighted by Gasteiger charge is 2.16. The van der Waals surface area contributed by atoms with E-state index in [1.165, 1.54) is 0 Å². The van der Waals surface area contributed by atoms with Crippen molar-refractivity contribution in [1.82, 2.24) is 5.32 Å². The summed E-state index contributed by atoms with van der Waals surface area (Å²) in [5.74, 6) is -0.253. The first-order valence-corrected chi connectivity index (χ1v) is 7.75. The molecule has 0 fully saturated rings. The fourth-order valence-electron chi connectivity index (χ4n) is 1.97. The van der Waals surface area contributed by atoms with Crippen molar-refractivity contribution in [3.05, 3.63) is 65.7 Å². The monoisotopic (exact) mass is 327 g/mol. The number of ether oxygens (including phenoxy) is 2. The van der Waals surface area contributed by atoms with Crippen molar-refractivity contribution in [2.24, 2.45) is 0 Å². The minimum atomic E-state index is -0.699. The van der Waals surface area contributed by atoms with E-state index in [1.54, 1.807) is 19.1 Å². The third-order valence-corrected chi connectivity index (χ3v) is 3.35. The summed E-state index contributed by atoms with van der Waals surface area (Å²) >= 11 is 0. The first-order chi connectivity index (χ1) is 11.5. The normalized spacial score (nSPS) is 11.4. The van der Waals surface area contributed by atoms with Crippen LogP contribution >= 0.6 is 0 Å². The van der Waals surface area contributed by atoms with E-state index in [0.717, 1.165) is 11.1 Å². The third-order valence-electron chi connectivity index (χ3n) is 3.35. The van der Waals surface area contributed by atoms with Crippen molar-refractivity contribution in [3.63, 3.8) is 0 Å². The van der Waals surface area contributed by atoms with Crippen molar-refractivity contribution in [3.8, 4) is 5.75 Å². The van der Waals surface area contributed by atoms with E-state index in [2.05, 4.69) is 5.32 Å². The molecule has 0 saturated carbocycles. The summed E-state index contributed by atoms with van der Waals surface area (Å²) in [7, 11) is 0. The summed E-state index contributed by atoms with van der Waals surface area (Å²) in [5, 5.41) is 2.51. The lowest BCUT2D eigenvalue weighted by Gasteiger charge is -2.14. The van der Waals surface area contributed by atoms with E-state index in [-0.39, 0.29) is 19.1 Å². The van der Waals surface area contributed by atoms with Gasteiger partial charge in [-0.15, -0.1) is 0 Å². The van der Waals surface area contributed by atoms with Crippen LogP contribution in [0.2, 0.25) is 0 Å². The summed E-state index contributed by atoms with van der Waals surface area (Å²) in [6.07, 6.45) is -0.699. The van der Waals surface area contributed by atoms with Crippen LogP contribution in [0.3, 0.4) is 0 Å². The molecule has 0 aliphatic carbocycles. The molecule has 0 aliphatic rings. The van der Waals surface area contributed by atoms with E-state index in [9.17, 15) is 9.59 Å². The molecule has 1 N–H and O–H groups in total. The van der Waals surface area contributed by atoms with Gasteiger partial charge in [0.1, 0.15) is 18.9 Å². The molecule has 0 saturated heterocycles. The Morgan fingerprint density at radius 1 is 1.04 bits per heavy atom. The molecule has 1 unspecified atom stereocenters. The molecule has 1 atom stereocenters. The number of hydrogen-bond acceptors (Lipinski definition) is 4. The van der Waals surface area contributed by atoms with Crippen LogP contribution in [0, 0.1) is 6.92 Å². The van der Waals surface area contributed by atoms with Crippen molar-refractivity contribution < 1.29 is 19.1 Å². The number of nitrogens with one attached hydrogen (secondary N) is 1. The van der Waals surface area contributed by atoms with E-state index in [1.807, 2.05) is 49.4 Å². The molecular formula is C19H21NO4. The molecule has 2 rings (SSSR count). The number of benzene rings is 2. The molecule has 0 spiro atoms. The van der Waals surface area contributed by atoms with Gasteiger partial charge in [-0.3, -0.25) is 9.59 Å². The van der Waals surface area contributed by atoms with Crippen LogP contribution in [0.15, 0.2) is 54.6 Å². The van der Waals surface area contributed by atoms with Gasteiger partial charge in [0, 0.05) is 0 Å². The molecular weight excluding hydrogens is 306 g/mol. The van der Waals surface area contributed by atoms with Crippen LogP contribution in [-0.2, 0) is 20.9 Å². The molecule has 0 aliphatic heterocycles. The Morgan fingerprint density at radius 2 is 1.71 bits per heavy atom. The number of esters is 1. The van der Waals surface area contributed by atoms with Gasteiger partial charge in [0.25, 0.3) is 5.91 Å². The highest BCUT2D eigenvalue weighted by molar-refractivity contribution is 5.84. The van der Waals surface area contributed by atoms with Crippen LogP contribution in [0.5, 0.6) is 5.75 Å². The maximum atomic E-state index is 11.9. The van der Waals surface area contributed by atoms with E-state index < -0.39 is 12.1 Å². The second-order valence-electron chi connectivity index (χ2n) is 5.44. The number of hydrogen-bond donors (Lipinski definition) is 1. The average Bonchev–Trinajstić information content (AvgIpc) is 2.60. The van der Waals surface area contributed by atoms with E-state index in [0.29, 0.717) is 5.75 Å². The molecule has 0 aromatic heterocycles. The number of aryl methyl sites for hydroxylation is 1. The minimum absolute atomic E-state index is 0.185. The lowest BCUT2D eigenvalue weighted by molar-refractivity contribution is -0.145. The fraction of sp³-hybridized carbons (Fsp3) is 0.263. The van der Waals surface area contributed by atoms with Crippen LogP contribution < -0.4 is 10.1 Å². The molecule has 1 amide bonds. The zero-order valence-corrected chi connectivity index (χ0v) is 13.8. The van der Waals surface area contributed by atoms with Crippen LogP contribution in [0.1, 0.15) is 18.1 Å². The Hall–Kier alpha value is -2.82. The molecule has 24 heavy (non-hydrogen) atoms. The zero-order chi connectivity index (χ0) is 17.4. The second-order valence-corrected chi connectivity index (χ2v) is 5.44. The van der Waals surface area contributed by atoms with Gasteiger partial charge in [0.2, 0.25) is 0 Å². The standard InChI is InChI=1S/C19H21NO4/c1-14-8-10-17(11-9-14)24-15(2)19(22)20-12-18(21)23-13-16-6-4-3-5-7-16/h3-11,15H,12-13H2,1-2H3,(H,20,22). The van der Waals surface area contributed by atoms with Gasteiger partial charge in [0.05, 0.1) is 0 Å². The lowest BCUT2D eigenvalue weighted by Crippen LogP contribution is -2.39. The Bertz CT molecular complexity index is 668. The molecule has 5 heteroatoms. The Kier molecular flexibility index (Phi) is 6.37. The summed E-state index contributed by atoms with van der Waals surface area (Å²) in [5.41, 5.74) is 2.01. The Morgan fingerprint density at radius 3 is 2.38 bits per heavy atom. The SMILES string of the molecule is Cc1ccc(OC(C)C(=O)NCC(=O)OCc2ccccc2)cc1. The molecule has 2 aromatic rings. The molecule has 5 nitrogen and oxygen atoms in total. The first-order valence-electron chi connectivity index (χ1n) is 7.75. The van der Waals surface area contributed by atoms with Gasteiger partial charge in [0.15, 0.2) is 6.10 Å². The van der Waals surface area contributed by atoms with Crippen LogP contribution in [0.4, 0.5) is 0 Å². The quantitative estimate of drug-likeness (QED) is 0.794. The smallest absolute Gasteiger partial charge is 0.325 e. The molecule has 126 valence electrons. The number of carbonyl (C=O) groups is 2. The van der Waals surface area contributed by atoms with Gasteiger partial charge in [-0.1, -0.05) is 48.0 Å². The highest BCUT2D eigenvalue weighted by Crippen LogP contribution is 2.13. The van der Waals surface area contributed by atoms with Crippen molar-refractivity contribution in [2.75, 3.05) is 6.54 Å². The zero-order valence-electron chi connectivity index (χ0n) is 13.8. The maximum absolute atomic E-state index is 11.9. The van der Waals surface area contributed by atoms with Crippen LogP contribution in [0.25, 0.3) is 0 Å². The van der Waals surface area contributed by atoms with Crippen molar-refractivity contribution >= 4 is 11.9 Å². The molecule has 0 heterocycles. The summed E-state index contributed by atoms with van der Waals surface area (Å²) in [6, 6.07) is 16.8. The van der Waals surface area contributed by atoms with E-state index in [4.69, 9.17) is 9.47 Å². The Balaban J connectivity index is 1.71. The predicted molar refractivity (Wildman–Crippen MR) is 90.5 cm³/mol. The topological polar surface area (TPSA) is 64.6 Å². The van der Waals surface area contributed by atoms with Gasteiger partial charge >= 0.3 is 5.97 Å². The van der Waals surface area contributed by atoms with Crippen LogP contribution in [-0.4, -0.2) is 24.5 Å². The van der Waals surface area contributed by atoms with Gasteiger partial charge in [-0.25, -0.2) is 0 Å². The Labute approximate surface area is 141 Å². The summed E-state index contributed by atoms with van der Waals surface area (Å²) < 4.78 is 10.6. The minimum Gasteiger partial charge on any atom is -0.481 e. The molecule has 0 bridgehead atoms. The molecule has 0 radical (unpaired) electrons. The largest absolute Gasteiger partial charge is 0.481 e. The summed E-state index contributed by atoms with van der Waals surface area (Å²) in [6.45, 7) is 3.60. The first kappa shape index (κ1) is 17.5. The third kappa shape index (κ3) is 5.76. The lowest BCUT2D eigenvalue weighted by atomic mass is 10.2. The number of carbonyl (C=O) groups excluding carboxylic acids is 2. The van der Waals surface area contributed by atoms with E-state index >= 15 is 0 Å². The average molecular weight is 327 g/mol. The maximum Gasteiger partial charge on any atom is 0.325 e.